The highest BCUT2D eigenvalue weighted by Gasteiger charge is 2.33. The van der Waals surface area contributed by atoms with E-state index in [2.05, 4.69) is 5.32 Å². The molecule has 1 aliphatic heterocycles. The first kappa shape index (κ1) is 14.9. The molecule has 3 rings (SSSR count). The van der Waals surface area contributed by atoms with Crippen molar-refractivity contribution in [1.29, 1.82) is 0 Å². The van der Waals surface area contributed by atoms with Gasteiger partial charge in [0, 0.05) is 0 Å². The van der Waals surface area contributed by atoms with Crippen LogP contribution >= 0.6 is 12.4 Å². The molecule has 1 aliphatic carbocycles. The lowest BCUT2D eigenvalue weighted by Gasteiger charge is -2.22. The van der Waals surface area contributed by atoms with Gasteiger partial charge in [0.2, 0.25) is 5.91 Å². The number of amides is 1. The summed E-state index contributed by atoms with van der Waals surface area (Å²) in [6.07, 6.45) is 2.29. The van der Waals surface area contributed by atoms with Crippen LogP contribution in [0.1, 0.15) is 24.4 Å². The Morgan fingerprint density at radius 3 is 2.65 bits per heavy atom. The lowest BCUT2D eigenvalue weighted by atomic mass is 10.0. The van der Waals surface area contributed by atoms with Crippen LogP contribution in [-0.4, -0.2) is 25.7 Å². The van der Waals surface area contributed by atoms with Crippen molar-refractivity contribution < 1.29 is 14.3 Å². The first-order valence-electron chi connectivity index (χ1n) is 6.67. The van der Waals surface area contributed by atoms with Crippen LogP contribution in [-0.2, 0) is 4.79 Å². The summed E-state index contributed by atoms with van der Waals surface area (Å²) in [6.45, 7) is 1.18. The zero-order valence-electron chi connectivity index (χ0n) is 11.1. The highest BCUT2D eigenvalue weighted by molar-refractivity contribution is 5.85. The van der Waals surface area contributed by atoms with Gasteiger partial charge in [-0.15, -0.1) is 12.4 Å². The van der Waals surface area contributed by atoms with Crippen molar-refractivity contribution in [2.24, 2.45) is 11.7 Å². The summed E-state index contributed by atoms with van der Waals surface area (Å²) in [7, 11) is 0. The number of rotatable bonds is 4. The molecule has 110 valence electrons. The van der Waals surface area contributed by atoms with Crippen LogP contribution in [0.4, 0.5) is 0 Å². The molecule has 6 heteroatoms. The van der Waals surface area contributed by atoms with E-state index in [-0.39, 0.29) is 30.9 Å². The summed E-state index contributed by atoms with van der Waals surface area (Å²) in [6, 6.07) is 5.90. The molecule has 1 heterocycles. The second kappa shape index (κ2) is 6.33. The second-order valence-corrected chi connectivity index (χ2v) is 4.99. The standard InChI is InChI=1S/C14H18N2O3.ClH/c15-8-13(17)16-14(9-1-2-9)10-3-4-11-12(7-10)19-6-5-18-11;/h3-4,7,9,14H,1-2,5-6,8,15H2,(H,16,17);1H. The van der Waals surface area contributed by atoms with Gasteiger partial charge in [-0.25, -0.2) is 0 Å². The van der Waals surface area contributed by atoms with Gasteiger partial charge >= 0.3 is 0 Å². The van der Waals surface area contributed by atoms with Gasteiger partial charge in [0.15, 0.2) is 11.5 Å². The van der Waals surface area contributed by atoms with Crippen LogP contribution < -0.4 is 20.5 Å². The number of carbonyl (C=O) groups excluding carboxylic acids is 1. The van der Waals surface area contributed by atoms with Gasteiger partial charge in [-0.3, -0.25) is 4.79 Å². The normalized spacial score (nSPS) is 17.9. The van der Waals surface area contributed by atoms with Crippen molar-refractivity contribution in [3.63, 3.8) is 0 Å². The molecule has 5 nitrogen and oxygen atoms in total. The number of halogens is 1. The topological polar surface area (TPSA) is 73.6 Å². The van der Waals surface area contributed by atoms with Crippen LogP contribution in [0.15, 0.2) is 18.2 Å². The van der Waals surface area contributed by atoms with E-state index in [1.807, 2.05) is 18.2 Å². The Bertz CT molecular complexity index is 491. The largest absolute Gasteiger partial charge is 0.486 e. The minimum absolute atomic E-state index is 0. The van der Waals surface area contributed by atoms with E-state index in [0.717, 1.165) is 29.9 Å². The zero-order chi connectivity index (χ0) is 13.2. The number of hydrogen-bond acceptors (Lipinski definition) is 4. The molecule has 1 unspecified atom stereocenters. The van der Waals surface area contributed by atoms with Crippen LogP contribution in [0.3, 0.4) is 0 Å². The second-order valence-electron chi connectivity index (χ2n) is 4.99. The number of nitrogens with two attached hydrogens (primary N) is 1. The summed E-state index contributed by atoms with van der Waals surface area (Å²) >= 11 is 0. The van der Waals surface area contributed by atoms with E-state index in [1.165, 1.54) is 0 Å². The third-order valence-electron chi connectivity index (χ3n) is 3.52. The molecule has 0 saturated heterocycles. The highest BCUT2D eigenvalue weighted by Crippen LogP contribution is 2.43. The molecule has 1 fully saturated rings. The third kappa shape index (κ3) is 3.16. The molecule has 20 heavy (non-hydrogen) atoms. The van der Waals surface area contributed by atoms with E-state index in [1.54, 1.807) is 0 Å². The lowest BCUT2D eigenvalue weighted by molar-refractivity contribution is -0.120. The lowest BCUT2D eigenvalue weighted by Crippen LogP contribution is -2.34. The number of ether oxygens (including phenoxy) is 2. The first-order valence-corrected chi connectivity index (χ1v) is 6.67. The van der Waals surface area contributed by atoms with Gasteiger partial charge in [0.25, 0.3) is 0 Å². The van der Waals surface area contributed by atoms with Gasteiger partial charge in [0.1, 0.15) is 13.2 Å². The Morgan fingerprint density at radius 2 is 2.00 bits per heavy atom. The quantitative estimate of drug-likeness (QED) is 0.881. The van der Waals surface area contributed by atoms with Crippen LogP contribution in [0.25, 0.3) is 0 Å². The SMILES string of the molecule is Cl.NCC(=O)NC(c1ccc2c(c1)OCCO2)C1CC1. The van der Waals surface area contributed by atoms with Gasteiger partial charge in [-0.1, -0.05) is 6.07 Å². The fraction of sp³-hybridized carbons (Fsp3) is 0.500. The van der Waals surface area contributed by atoms with Crippen molar-refractivity contribution in [2.45, 2.75) is 18.9 Å². The monoisotopic (exact) mass is 298 g/mol. The molecular formula is C14H19ClN2O3. The van der Waals surface area contributed by atoms with Gasteiger partial charge in [-0.2, -0.15) is 0 Å². The summed E-state index contributed by atoms with van der Waals surface area (Å²) in [4.78, 5) is 11.5. The molecule has 0 aromatic heterocycles. The number of nitrogens with one attached hydrogen (secondary N) is 1. The summed E-state index contributed by atoms with van der Waals surface area (Å²) in [5.41, 5.74) is 6.44. The Balaban J connectivity index is 0.00000147. The van der Waals surface area contributed by atoms with Gasteiger partial charge in [-0.05, 0) is 36.5 Å². The molecule has 2 aliphatic rings. The maximum atomic E-state index is 11.5. The molecule has 1 aromatic carbocycles. The number of fused-ring (bicyclic) bond motifs is 1. The number of benzene rings is 1. The molecule has 0 radical (unpaired) electrons. The molecule has 1 amide bonds. The van der Waals surface area contributed by atoms with E-state index in [0.29, 0.717) is 19.1 Å². The minimum Gasteiger partial charge on any atom is -0.486 e. The van der Waals surface area contributed by atoms with Gasteiger partial charge in [0.05, 0.1) is 12.6 Å². The number of carbonyl (C=O) groups is 1. The Morgan fingerprint density at radius 1 is 1.30 bits per heavy atom. The fourth-order valence-corrected chi connectivity index (χ4v) is 2.39. The first-order chi connectivity index (χ1) is 9.28. The van der Waals surface area contributed by atoms with Crippen molar-refractivity contribution in [2.75, 3.05) is 19.8 Å². The smallest absolute Gasteiger partial charge is 0.234 e. The fourth-order valence-electron chi connectivity index (χ4n) is 2.39. The predicted octanol–water partition coefficient (Wildman–Crippen LogP) is 1.41. The molecule has 3 N–H and O–H groups in total. The molecule has 1 atom stereocenters. The van der Waals surface area contributed by atoms with Crippen LogP contribution in [0.2, 0.25) is 0 Å². The van der Waals surface area contributed by atoms with E-state index in [9.17, 15) is 4.79 Å². The highest BCUT2D eigenvalue weighted by atomic mass is 35.5. The zero-order valence-corrected chi connectivity index (χ0v) is 11.9. The molecule has 1 saturated carbocycles. The summed E-state index contributed by atoms with van der Waals surface area (Å²) in [5, 5.41) is 2.99. The molecule has 0 spiro atoms. The Kier molecular flexibility index (Phi) is 4.73. The minimum atomic E-state index is -0.119. The van der Waals surface area contributed by atoms with Crippen molar-refractivity contribution in [1.82, 2.24) is 5.32 Å². The Hall–Kier alpha value is -1.46. The van der Waals surface area contributed by atoms with Crippen molar-refractivity contribution >= 4 is 18.3 Å². The van der Waals surface area contributed by atoms with Crippen molar-refractivity contribution in [3.05, 3.63) is 23.8 Å². The predicted molar refractivity (Wildman–Crippen MR) is 77.3 cm³/mol. The Labute approximate surface area is 124 Å². The summed E-state index contributed by atoms with van der Waals surface area (Å²) < 4.78 is 11.1. The van der Waals surface area contributed by atoms with E-state index < -0.39 is 0 Å². The third-order valence-corrected chi connectivity index (χ3v) is 3.52. The van der Waals surface area contributed by atoms with Crippen LogP contribution in [0, 0.1) is 5.92 Å². The van der Waals surface area contributed by atoms with Crippen molar-refractivity contribution in [3.8, 4) is 11.5 Å². The average Bonchev–Trinajstić information content (AvgIpc) is 3.28. The number of hydrogen-bond donors (Lipinski definition) is 2. The average molecular weight is 299 g/mol. The van der Waals surface area contributed by atoms with E-state index >= 15 is 0 Å². The molecule has 1 aromatic rings. The van der Waals surface area contributed by atoms with Crippen LogP contribution in [0.5, 0.6) is 11.5 Å². The summed E-state index contributed by atoms with van der Waals surface area (Å²) in [5.74, 6) is 1.93. The maximum absolute atomic E-state index is 11.5. The molecule has 0 bridgehead atoms. The maximum Gasteiger partial charge on any atom is 0.234 e. The van der Waals surface area contributed by atoms with E-state index in [4.69, 9.17) is 15.2 Å². The molecular weight excluding hydrogens is 280 g/mol. The van der Waals surface area contributed by atoms with Gasteiger partial charge < -0.3 is 20.5 Å².